The second-order valence-corrected chi connectivity index (χ2v) is 17.5. The summed E-state index contributed by atoms with van der Waals surface area (Å²) in [4.78, 5) is 57.4. The van der Waals surface area contributed by atoms with Gasteiger partial charge in [0.2, 0.25) is 11.8 Å². The molecule has 55 heavy (non-hydrogen) atoms. The van der Waals surface area contributed by atoms with Crippen molar-refractivity contribution >= 4 is 29.3 Å². The van der Waals surface area contributed by atoms with E-state index in [1.54, 1.807) is 11.0 Å². The van der Waals surface area contributed by atoms with E-state index in [0.717, 1.165) is 68.1 Å². The van der Waals surface area contributed by atoms with E-state index in [0.29, 0.717) is 35.6 Å². The van der Waals surface area contributed by atoms with Crippen molar-refractivity contribution in [3.63, 3.8) is 0 Å². The van der Waals surface area contributed by atoms with Crippen molar-refractivity contribution < 1.29 is 23.9 Å². The van der Waals surface area contributed by atoms with Gasteiger partial charge in [0.15, 0.2) is 0 Å². The number of carbonyl (C=O) groups excluding carboxylic acids is 4. The number of aryl methyl sites for hydroxylation is 1. The molecular formula is C44H50N6O5. The molecule has 5 aliphatic rings. The molecule has 286 valence electrons. The monoisotopic (exact) mass is 742 g/mol. The zero-order valence-corrected chi connectivity index (χ0v) is 32.4. The van der Waals surface area contributed by atoms with Gasteiger partial charge < -0.3 is 19.9 Å². The van der Waals surface area contributed by atoms with Gasteiger partial charge in [-0.3, -0.25) is 29.4 Å². The van der Waals surface area contributed by atoms with E-state index in [2.05, 4.69) is 72.4 Å². The maximum atomic E-state index is 13.5. The molecule has 1 atom stereocenters. The summed E-state index contributed by atoms with van der Waals surface area (Å²) in [5, 5.41) is 15.0. The minimum absolute atomic E-state index is 0.0854. The first kappa shape index (κ1) is 36.8. The van der Waals surface area contributed by atoms with Gasteiger partial charge in [-0.1, -0.05) is 33.8 Å². The molecule has 4 amide bonds. The second kappa shape index (κ2) is 13.8. The molecule has 4 heterocycles. The molecule has 0 radical (unpaired) electrons. The highest BCUT2D eigenvalue weighted by molar-refractivity contribution is 6.05. The SMILES string of the molecule is Cc1cc(O[C@H]2C(C)(C)[C@H](NC(=O)c3ccc(N4CCC(CN5Cc6cc7c(cc6C5)C(=O)N([C@@H]5CCC(=O)NC5=O)C7)CC4)cc3)C2(C)C)ccc1C#N. The van der Waals surface area contributed by atoms with Gasteiger partial charge in [0.05, 0.1) is 11.6 Å². The average molecular weight is 743 g/mol. The van der Waals surface area contributed by atoms with Crippen LogP contribution in [-0.2, 0) is 29.2 Å². The lowest BCUT2D eigenvalue weighted by atomic mass is 9.49. The van der Waals surface area contributed by atoms with E-state index in [1.165, 1.54) is 11.1 Å². The van der Waals surface area contributed by atoms with Crippen molar-refractivity contribution in [3.05, 3.63) is 93.5 Å². The Morgan fingerprint density at radius 3 is 2.25 bits per heavy atom. The van der Waals surface area contributed by atoms with Crippen LogP contribution >= 0.6 is 0 Å². The van der Waals surface area contributed by atoms with Crippen LogP contribution in [0.1, 0.15) is 102 Å². The Balaban J connectivity index is 0.812. The number of anilines is 1. The normalized spacial score (nSPS) is 24.4. The summed E-state index contributed by atoms with van der Waals surface area (Å²) in [7, 11) is 0. The number of nitriles is 1. The minimum Gasteiger partial charge on any atom is -0.489 e. The molecule has 0 unspecified atom stereocenters. The molecule has 3 aromatic rings. The van der Waals surface area contributed by atoms with Crippen LogP contribution in [0.4, 0.5) is 5.69 Å². The molecule has 4 aliphatic heterocycles. The summed E-state index contributed by atoms with van der Waals surface area (Å²) in [5.41, 5.74) is 6.79. The van der Waals surface area contributed by atoms with Crippen LogP contribution in [0.5, 0.6) is 5.75 Å². The predicted octanol–water partition coefficient (Wildman–Crippen LogP) is 5.47. The third kappa shape index (κ3) is 6.64. The van der Waals surface area contributed by atoms with E-state index in [1.807, 2.05) is 37.3 Å². The second-order valence-electron chi connectivity index (χ2n) is 17.5. The van der Waals surface area contributed by atoms with Crippen LogP contribution in [0.3, 0.4) is 0 Å². The number of fused-ring (bicyclic) bond motifs is 2. The first-order valence-corrected chi connectivity index (χ1v) is 19.6. The molecular weight excluding hydrogens is 693 g/mol. The number of benzene rings is 3. The lowest BCUT2D eigenvalue weighted by Crippen LogP contribution is -2.74. The van der Waals surface area contributed by atoms with E-state index >= 15 is 0 Å². The van der Waals surface area contributed by atoms with Crippen LogP contribution < -0.4 is 20.3 Å². The fourth-order valence-corrected chi connectivity index (χ4v) is 10.2. The van der Waals surface area contributed by atoms with E-state index in [-0.39, 0.29) is 53.0 Å². The lowest BCUT2D eigenvalue weighted by Gasteiger charge is -2.63. The molecule has 1 aliphatic carbocycles. The number of nitrogens with one attached hydrogen (secondary N) is 2. The third-order valence-electron chi connectivity index (χ3n) is 12.9. The Hall–Kier alpha value is -5.21. The quantitative estimate of drug-likeness (QED) is 0.290. The Morgan fingerprint density at radius 1 is 0.909 bits per heavy atom. The molecule has 0 bridgehead atoms. The third-order valence-corrected chi connectivity index (χ3v) is 12.9. The highest BCUT2D eigenvalue weighted by Gasteiger charge is 2.64. The van der Waals surface area contributed by atoms with Gasteiger partial charge in [0, 0.05) is 79.4 Å². The number of rotatable bonds is 8. The number of ether oxygens (including phenoxy) is 1. The number of carbonyl (C=O) groups is 4. The summed E-state index contributed by atoms with van der Waals surface area (Å²) >= 11 is 0. The van der Waals surface area contributed by atoms with E-state index in [9.17, 15) is 24.4 Å². The van der Waals surface area contributed by atoms with E-state index < -0.39 is 6.04 Å². The van der Waals surface area contributed by atoms with Crippen LogP contribution in [0, 0.1) is 35.0 Å². The van der Waals surface area contributed by atoms with Gasteiger partial charge in [-0.05, 0) is 103 Å². The summed E-state index contributed by atoms with van der Waals surface area (Å²) in [6.45, 7) is 15.5. The summed E-state index contributed by atoms with van der Waals surface area (Å²) in [6, 6.07) is 19.2. The molecule has 11 nitrogen and oxygen atoms in total. The summed E-state index contributed by atoms with van der Waals surface area (Å²) in [6.07, 6.45) is 2.68. The Morgan fingerprint density at radius 2 is 1.60 bits per heavy atom. The average Bonchev–Trinajstić information content (AvgIpc) is 3.70. The Labute approximate surface area is 323 Å². The highest BCUT2D eigenvalue weighted by Crippen LogP contribution is 2.55. The molecule has 2 N–H and O–H groups in total. The van der Waals surface area contributed by atoms with E-state index in [4.69, 9.17) is 4.74 Å². The molecule has 0 spiro atoms. The van der Waals surface area contributed by atoms with Crippen LogP contribution in [0.15, 0.2) is 54.6 Å². The van der Waals surface area contributed by atoms with Crippen molar-refractivity contribution in [2.75, 3.05) is 24.5 Å². The van der Waals surface area contributed by atoms with Gasteiger partial charge in [-0.2, -0.15) is 5.26 Å². The fraction of sp³-hybridized carbons (Fsp3) is 0.477. The van der Waals surface area contributed by atoms with Crippen molar-refractivity contribution in [3.8, 4) is 11.8 Å². The molecule has 8 rings (SSSR count). The minimum atomic E-state index is -0.591. The number of amides is 4. The standard InChI is InChI=1S/C44H50N6O5/c1-26-18-34(11-8-29(26)21-45)55-42-43(2,3)41(44(42,4)5)47-38(52)28-6-9-33(10-7-28)49-16-14-27(15-17-49)22-48-23-30-19-32-25-50(36-12-13-37(51)46-39(36)53)40(54)35(32)20-31(30)24-48/h6-11,18-20,27,36,41-42H,12-17,22-25H2,1-5H3,(H,47,52)(H,46,51,53)/t36-,41-,42-/m1/s1. The molecule has 0 aromatic heterocycles. The van der Waals surface area contributed by atoms with Crippen molar-refractivity contribution in [1.82, 2.24) is 20.4 Å². The number of hydrogen-bond acceptors (Lipinski definition) is 8. The lowest BCUT2D eigenvalue weighted by molar-refractivity contribution is -0.164. The molecule has 11 heteroatoms. The molecule has 3 fully saturated rings. The smallest absolute Gasteiger partial charge is 0.255 e. The first-order valence-electron chi connectivity index (χ1n) is 19.6. The number of hydrogen-bond donors (Lipinski definition) is 2. The Kier molecular flexibility index (Phi) is 9.24. The maximum Gasteiger partial charge on any atom is 0.255 e. The van der Waals surface area contributed by atoms with Crippen molar-refractivity contribution in [1.29, 1.82) is 5.26 Å². The summed E-state index contributed by atoms with van der Waals surface area (Å²) in [5.74, 6) is 0.458. The van der Waals surface area contributed by atoms with Crippen molar-refractivity contribution in [2.45, 2.75) is 98.1 Å². The van der Waals surface area contributed by atoms with Gasteiger partial charge >= 0.3 is 0 Å². The zero-order valence-electron chi connectivity index (χ0n) is 32.4. The number of piperidine rings is 2. The van der Waals surface area contributed by atoms with Gasteiger partial charge in [0.25, 0.3) is 11.8 Å². The number of imide groups is 1. The van der Waals surface area contributed by atoms with Crippen LogP contribution in [-0.4, -0.2) is 71.3 Å². The largest absolute Gasteiger partial charge is 0.489 e. The number of nitrogens with zero attached hydrogens (tertiary/aromatic N) is 4. The fourth-order valence-electron chi connectivity index (χ4n) is 10.2. The summed E-state index contributed by atoms with van der Waals surface area (Å²) < 4.78 is 6.47. The van der Waals surface area contributed by atoms with Gasteiger partial charge in [-0.25, -0.2) is 0 Å². The van der Waals surface area contributed by atoms with Gasteiger partial charge in [-0.15, -0.1) is 0 Å². The van der Waals surface area contributed by atoms with Crippen LogP contribution in [0.2, 0.25) is 0 Å². The molecule has 1 saturated carbocycles. The van der Waals surface area contributed by atoms with Crippen molar-refractivity contribution in [2.24, 2.45) is 16.7 Å². The highest BCUT2D eigenvalue weighted by atomic mass is 16.5. The topological polar surface area (TPSA) is 135 Å². The molecule has 2 saturated heterocycles. The van der Waals surface area contributed by atoms with Gasteiger partial charge in [0.1, 0.15) is 17.9 Å². The zero-order chi connectivity index (χ0) is 38.8. The molecule has 3 aromatic carbocycles. The maximum absolute atomic E-state index is 13.5. The predicted molar refractivity (Wildman–Crippen MR) is 207 cm³/mol. The Bertz CT molecular complexity index is 2100. The first-order chi connectivity index (χ1) is 26.2. The van der Waals surface area contributed by atoms with Crippen LogP contribution in [0.25, 0.3) is 0 Å².